The van der Waals surface area contributed by atoms with E-state index in [0.29, 0.717) is 67.4 Å². The summed E-state index contributed by atoms with van der Waals surface area (Å²) in [4.78, 5) is 40.1. The highest BCUT2D eigenvalue weighted by molar-refractivity contribution is 5.97. The van der Waals surface area contributed by atoms with E-state index in [1.165, 1.54) is 6.07 Å². The van der Waals surface area contributed by atoms with E-state index in [2.05, 4.69) is 30.1 Å². The van der Waals surface area contributed by atoms with Gasteiger partial charge < -0.3 is 15.2 Å². The molecule has 0 radical (unpaired) electrons. The SMILES string of the molecule is CCc1nc2c(F)cc(CN3CCN(c4ccc(C)nc4C(=O)NCCF)CC3)cc2[nH]c1=O. The first-order valence-corrected chi connectivity index (χ1v) is 11.4. The van der Waals surface area contributed by atoms with Crippen molar-refractivity contribution in [1.82, 2.24) is 25.2 Å². The van der Waals surface area contributed by atoms with Gasteiger partial charge in [0.2, 0.25) is 0 Å². The van der Waals surface area contributed by atoms with E-state index < -0.39 is 12.5 Å². The summed E-state index contributed by atoms with van der Waals surface area (Å²) in [6, 6.07) is 6.96. The molecule has 3 heterocycles. The van der Waals surface area contributed by atoms with Crippen LogP contribution in [-0.4, -0.2) is 65.2 Å². The Morgan fingerprint density at radius 3 is 2.65 bits per heavy atom. The molecule has 1 aliphatic rings. The van der Waals surface area contributed by atoms with Gasteiger partial charge >= 0.3 is 0 Å². The fourth-order valence-corrected chi connectivity index (χ4v) is 4.20. The van der Waals surface area contributed by atoms with Gasteiger partial charge in [-0.2, -0.15) is 0 Å². The van der Waals surface area contributed by atoms with Crippen LogP contribution in [-0.2, 0) is 13.0 Å². The van der Waals surface area contributed by atoms with Gasteiger partial charge in [-0.25, -0.2) is 18.7 Å². The molecular weight excluding hydrogens is 442 g/mol. The number of anilines is 1. The number of pyridine rings is 1. The third-order valence-corrected chi connectivity index (χ3v) is 5.94. The Bertz CT molecular complexity index is 1250. The average molecular weight is 471 g/mol. The van der Waals surface area contributed by atoms with Gasteiger partial charge in [0, 0.05) is 45.0 Å². The third kappa shape index (κ3) is 5.06. The lowest BCUT2D eigenvalue weighted by Gasteiger charge is -2.36. The lowest BCUT2D eigenvalue weighted by molar-refractivity contribution is 0.0946. The van der Waals surface area contributed by atoms with Gasteiger partial charge in [0.1, 0.15) is 17.9 Å². The van der Waals surface area contributed by atoms with Crippen molar-refractivity contribution < 1.29 is 13.6 Å². The Kier molecular flexibility index (Phi) is 7.16. The maximum absolute atomic E-state index is 14.7. The number of nitrogens with one attached hydrogen (secondary N) is 2. The quantitative estimate of drug-likeness (QED) is 0.551. The largest absolute Gasteiger partial charge is 0.367 e. The number of amides is 1. The fourth-order valence-electron chi connectivity index (χ4n) is 4.20. The Morgan fingerprint density at radius 1 is 1.18 bits per heavy atom. The van der Waals surface area contributed by atoms with Crippen LogP contribution in [0.1, 0.15) is 34.4 Å². The number of hydrogen-bond acceptors (Lipinski definition) is 6. The minimum absolute atomic E-state index is 0.0511. The zero-order valence-electron chi connectivity index (χ0n) is 19.3. The Hall–Kier alpha value is -3.40. The highest BCUT2D eigenvalue weighted by Crippen LogP contribution is 2.23. The predicted octanol–water partition coefficient (Wildman–Crippen LogP) is 2.35. The van der Waals surface area contributed by atoms with Gasteiger partial charge in [-0.05, 0) is 43.2 Å². The second-order valence-corrected chi connectivity index (χ2v) is 8.37. The molecule has 1 amide bonds. The third-order valence-electron chi connectivity index (χ3n) is 5.94. The summed E-state index contributed by atoms with van der Waals surface area (Å²) in [5.74, 6) is -0.842. The zero-order chi connectivity index (χ0) is 24.2. The number of rotatable bonds is 7. The van der Waals surface area contributed by atoms with Crippen LogP contribution >= 0.6 is 0 Å². The van der Waals surface area contributed by atoms with Crippen LogP contribution in [0.2, 0.25) is 0 Å². The van der Waals surface area contributed by atoms with Crippen LogP contribution < -0.4 is 15.8 Å². The number of fused-ring (bicyclic) bond motifs is 1. The van der Waals surface area contributed by atoms with Crippen LogP contribution in [0.15, 0.2) is 29.1 Å². The van der Waals surface area contributed by atoms with Crippen molar-refractivity contribution in [3.8, 4) is 0 Å². The molecule has 8 nitrogen and oxygen atoms in total. The number of carbonyl (C=O) groups excluding carboxylic acids is 1. The van der Waals surface area contributed by atoms with Crippen LogP contribution in [0.5, 0.6) is 0 Å². The molecule has 34 heavy (non-hydrogen) atoms. The van der Waals surface area contributed by atoms with Gasteiger partial charge in [-0.1, -0.05) is 6.92 Å². The van der Waals surface area contributed by atoms with Crippen molar-refractivity contribution in [1.29, 1.82) is 0 Å². The van der Waals surface area contributed by atoms with E-state index in [-0.39, 0.29) is 23.5 Å². The normalized spacial score (nSPS) is 14.5. The van der Waals surface area contributed by atoms with E-state index in [0.717, 1.165) is 5.56 Å². The Balaban J connectivity index is 1.46. The number of H-pyrrole nitrogens is 1. The fraction of sp³-hybridized carbons (Fsp3) is 0.417. The number of nitrogens with zero attached hydrogens (tertiary/aromatic N) is 4. The Labute approximate surface area is 196 Å². The van der Waals surface area contributed by atoms with Crippen molar-refractivity contribution in [2.75, 3.05) is 44.3 Å². The summed E-state index contributed by atoms with van der Waals surface area (Å²) < 4.78 is 27.2. The molecule has 0 spiro atoms. The molecule has 0 atom stereocenters. The first-order valence-electron chi connectivity index (χ1n) is 11.4. The van der Waals surface area contributed by atoms with E-state index in [1.807, 2.05) is 19.1 Å². The van der Waals surface area contributed by atoms with Crippen molar-refractivity contribution in [3.63, 3.8) is 0 Å². The molecule has 2 N–H and O–H groups in total. The summed E-state index contributed by atoms with van der Waals surface area (Å²) in [6.45, 7) is 6.16. The van der Waals surface area contributed by atoms with Crippen molar-refractivity contribution in [2.45, 2.75) is 26.8 Å². The summed E-state index contributed by atoms with van der Waals surface area (Å²) in [6.07, 6.45) is 0.437. The van der Waals surface area contributed by atoms with E-state index in [1.54, 1.807) is 13.0 Å². The maximum atomic E-state index is 14.7. The number of carbonyl (C=O) groups is 1. The summed E-state index contributed by atoms with van der Waals surface area (Å²) in [7, 11) is 0. The monoisotopic (exact) mass is 470 g/mol. The van der Waals surface area contributed by atoms with Crippen LogP contribution in [0.4, 0.5) is 14.5 Å². The summed E-state index contributed by atoms with van der Waals surface area (Å²) in [5.41, 5.74) is 3.07. The molecular formula is C24H28F2N6O2. The van der Waals surface area contributed by atoms with E-state index in [4.69, 9.17) is 0 Å². The molecule has 1 aromatic carbocycles. The smallest absolute Gasteiger partial charge is 0.272 e. The molecule has 2 aromatic heterocycles. The molecule has 0 unspecified atom stereocenters. The Morgan fingerprint density at radius 2 is 1.94 bits per heavy atom. The molecule has 1 saturated heterocycles. The van der Waals surface area contributed by atoms with Crippen LogP contribution in [0.25, 0.3) is 11.0 Å². The summed E-state index contributed by atoms with van der Waals surface area (Å²) >= 11 is 0. The molecule has 4 rings (SSSR count). The van der Waals surface area contributed by atoms with Gasteiger partial charge in [-0.3, -0.25) is 14.5 Å². The van der Waals surface area contributed by atoms with Gasteiger partial charge in [0.05, 0.1) is 11.2 Å². The lowest BCUT2D eigenvalue weighted by atomic mass is 10.1. The molecule has 1 aliphatic heterocycles. The maximum Gasteiger partial charge on any atom is 0.272 e. The molecule has 180 valence electrons. The second-order valence-electron chi connectivity index (χ2n) is 8.37. The second kappa shape index (κ2) is 10.3. The predicted molar refractivity (Wildman–Crippen MR) is 126 cm³/mol. The molecule has 0 aliphatic carbocycles. The van der Waals surface area contributed by atoms with Crippen molar-refractivity contribution in [3.05, 3.63) is 63.1 Å². The number of hydrogen-bond donors (Lipinski definition) is 2. The average Bonchev–Trinajstić information content (AvgIpc) is 2.82. The first-order chi connectivity index (χ1) is 16.4. The standard InChI is InChI=1S/C24H28F2N6O2/c1-3-18-23(33)30-19-13-16(12-17(26)21(19)29-18)14-31-8-10-32(11-9-31)20-5-4-15(2)28-22(20)24(34)27-7-6-25/h4-5,12-13H,3,6-11,14H2,1-2H3,(H,27,34)(H,30,33). The number of alkyl halides is 1. The number of piperazine rings is 1. The topological polar surface area (TPSA) is 94.2 Å². The first kappa shape index (κ1) is 23.7. The highest BCUT2D eigenvalue weighted by atomic mass is 19.1. The van der Waals surface area contributed by atoms with E-state index >= 15 is 0 Å². The minimum atomic E-state index is -0.634. The van der Waals surface area contributed by atoms with Crippen molar-refractivity contribution >= 4 is 22.6 Å². The number of halogens is 2. The molecule has 1 fully saturated rings. The molecule has 0 saturated carbocycles. The number of benzene rings is 1. The van der Waals surface area contributed by atoms with Crippen LogP contribution in [0, 0.1) is 12.7 Å². The van der Waals surface area contributed by atoms with Gasteiger partial charge in [0.15, 0.2) is 11.5 Å². The van der Waals surface area contributed by atoms with Gasteiger partial charge in [-0.15, -0.1) is 0 Å². The lowest BCUT2D eigenvalue weighted by Crippen LogP contribution is -2.46. The molecule has 0 bridgehead atoms. The van der Waals surface area contributed by atoms with E-state index in [9.17, 15) is 18.4 Å². The van der Waals surface area contributed by atoms with Crippen LogP contribution in [0.3, 0.4) is 0 Å². The van der Waals surface area contributed by atoms with Crippen molar-refractivity contribution in [2.24, 2.45) is 0 Å². The summed E-state index contributed by atoms with van der Waals surface area (Å²) in [5, 5.41) is 2.55. The molecule has 10 heteroatoms. The minimum Gasteiger partial charge on any atom is -0.367 e. The number of aromatic amines is 1. The highest BCUT2D eigenvalue weighted by Gasteiger charge is 2.23. The number of aromatic nitrogens is 3. The zero-order valence-corrected chi connectivity index (χ0v) is 19.3. The molecule has 3 aromatic rings. The van der Waals surface area contributed by atoms with Gasteiger partial charge in [0.25, 0.3) is 11.5 Å². The number of aryl methyl sites for hydroxylation is 2.